The number of halogens is 1. The number of nitrogens with zero attached hydrogens (tertiary/aromatic N) is 1. The van der Waals surface area contributed by atoms with E-state index in [-0.39, 0.29) is 12.5 Å². The summed E-state index contributed by atoms with van der Waals surface area (Å²) in [6.45, 7) is 7.79. The van der Waals surface area contributed by atoms with E-state index in [1.54, 1.807) is 13.8 Å². The fraction of sp³-hybridized carbons (Fsp3) is 0.667. The van der Waals surface area contributed by atoms with Crippen molar-refractivity contribution in [1.82, 2.24) is 4.90 Å². The van der Waals surface area contributed by atoms with Gasteiger partial charge in [-0.25, -0.2) is 14.1 Å². The number of imide groups is 1. The average molecular weight is 259 g/mol. The van der Waals surface area contributed by atoms with E-state index in [2.05, 4.69) is 6.58 Å². The van der Waals surface area contributed by atoms with Gasteiger partial charge in [-0.2, -0.15) is 0 Å². The van der Waals surface area contributed by atoms with Crippen LogP contribution < -0.4 is 0 Å². The second kappa shape index (κ2) is 5.06. The van der Waals surface area contributed by atoms with E-state index < -0.39 is 29.8 Å². The highest BCUT2D eigenvalue weighted by atomic mass is 19.1. The minimum atomic E-state index is -2.60. The number of alkyl halides is 1. The highest BCUT2D eigenvalue weighted by Gasteiger charge is 2.50. The number of carbonyl (C=O) groups is 2. The zero-order chi connectivity index (χ0) is 14.1. The van der Waals surface area contributed by atoms with Crippen LogP contribution in [0.25, 0.3) is 0 Å². The molecular weight excluding hydrogens is 241 g/mol. The van der Waals surface area contributed by atoms with Gasteiger partial charge in [-0.05, 0) is 12.8 Å². The van der Waals surface area contributed by atoms with Crippen molar-refractivity contribution < 1.29 is 23.8 Å². The third-order valence-electron chi connectivity index (χ3n) is 3.09. The molecule has 1 unspecified atom stereocenters. The molecule has 0 saturated carbocycles. The number of amides is 2. The van der Waals surface area contributed by atoms with Gasteiger partial charge in [0, 0.05) is 0 Å². The van der Waals surface area contributed by atoms with Crippen LogP contribution in [0.2, 0.25) is 0 Å². The van der Waals surface area contributed by atoms with E-state index >= 15 is 0 Å². The van der Waals surface area contributed by atoms with Crippen LogP contribution >= 0.6 is 0 Å². The maximum absolute atomic E-state index is 14.2. The van der Waals surface area contributed by atoms with Crippen molar-refractivity contribution in [3.8, 4) is 0 Å². The van der Waals surface area contributed by atoms with Gasteiger partial charge in [0.25, 0.3) is 5.91 Å². The van der Waals surface area contributed by atoms with Gasteiger partial charge in [-0.3, -0.25) is 4.79 Å². The number of aliphatic hydroxyl groups is 1. The predicted octanol–water partition coefficient (Wildman–Crippen LogP) is 1.26. The molecule has 0 aromatic rings. The minimum Gasteiger partial charge on any atom is -0.447 e. The van der Waals surface area contributed by atoms with Gasteiger partial charge in [0.05, 0.1) is 6.04 Å². The Morgan fingerprint density at radius 2 is 2.28 bits per heavy atom. The first kappa shape index (κ1) is 14.6. The van der Waals surface area contributed by atoms with Crippen molar-refractivity contribution in [1.29, 1.82) is 0 Å². The molecule has 0 spiro atoms. The molecule has 0 aromatic heterocycles. The Bertz CT molecular complexity index is 367. The zero-order valence-corrected chi connectivity index (χ0v) is 10.7. The third-order valence-corrected chi connectivity index (χ3v) is 3.09. The van der Waals surface area contributed by atoms with Gasteiger partial charge in [-0.15, -0.1) is 6.58 Å². The lowest BCUT2D eigenvalue weighted by atomic mass is 9.97. The van der Waals surface area contributed by atoms with Crippen LogP contribution in [0, 0.1) is 5.92 Å². The van der Waals surface area contributed by atoms with E-state index in [1.165, 1.54) is 0 Å². The van der Waals surface area contributed by atoms with E-state index in [0.717, 1.165) is 17.9 Å². The SMILES string of the molecule is C=C[C@@H](O)C(C)(F)C(=O)N1C(=O)OC[C@H]1C(C)C. The molecule has 1 fully saturated rings. The first-order valence-corrected chi connectivity index (χ1v) is 5.73. The average Bonchev–Trinajstić information content (AvgIpc) is 2.68. The van der Waals surface area contributed by atoms with Crippen molar-refractivity contribution in [2.45, 2.75) is 38.6 Å². The van der Waals surface area contributed by atoms with Gasteiger partial charge >= 0.3 is 6.09 Å². The van der Waals surface area contributed by atoms with Crippen molar-refractivity contribution in [3.63, 3.8) is 0 Å². The van der Waals surface area contributed by atoms with Crippen LogP contribution in [0.5, 0.6) is 0 Å². The van der Waals surface area contributed by atoms with Crippen LogP contribution in [0.15, 0.2) is 12.7 Å². The molecule has 5 nitrogen and oxygen atoms in total. The third kappa shape index (κ3) is 2.38. The van der Waals surface area contributed by atoms with Gasteiger partial charge in [0.1, 0.15) is 12.7 Å². The molecule has 1 N–H and O–H groups in total. The van der Waals surface area contributed by atoms with Gasteiger partial charge < -0.3 is 9.84 Å². The zero-order valence-electron chi connectivity index (χ0n) is 10.7. The highest BCUT2D eigenvalue weighted by molar-refractivity contribution is 5.98. The minimum absolute atomic E-state index is 0.0442. The molecule has 0 aliphatic carbocycles. The van der Waals surface area contributed by atoms with Crippen LogP contribution in [0.4, 0.5) is 9.18 Å². The van der Waals surface area contributed by atoms with Crippen LogP contribution in [0.3, 0.4) is 0 Å². The Hall–Kier alpha value is -1.43. The summed E-state index contributed by atoms with van der Waals surface area (Å²) in [6.07, 6.45) is -1.63. The number of ether oxygens (including phenoxy) is 1. The van der Waals surface area contributed by atoms with E-state index in [4.69, 9.17) is 4.74 Å². The summed E-state index contributed by atoms with van der Waals surface area (Å²) in [4.78, 5) is 24.3. The quantitative estimate of drug-likeness (QED) is 0.772. The van der Waals surface area contributed by atoms with Gasteiger partial charge in [0.15, 0.2) is 0 Å². The fourth-order valence-corrected chi connectivity index (χ4v) is 1.74. The number of carbonyl (C=O) groups excluding carboxylic acids is 2. The molecule has 18 heavy (non-hydrogen) atoms. The standard InChI is InChI=1S/C12H18FNO4/c1-5-9(15)12(4,13)10(16)14-8(7(2)3)6-18-11(14)17/h5,7-9,15H,1,6H2,2-4H3/t8-,9+,12?/m0/s1. The lowest BCUT2D eigenvalue weighted by Gasteiger charge is -2.30. The Labute approximate surface area is 105 Å². The van der Waals surface area contributed by atoms with E-state index in [1.807, 2.05) is 0 Å². The number of hydrogen-bond donors (Lipinski definition) is 1. The Kier molecular flexibility index (Phi) is 4.11. The van der Waals surface area contributed by atoms with Crippen molar-refractivity contribution in [2.75, 3.05) is 6.61 Å². The lowest BCUT2D eigenvalue weighted by Crippen LogP contribution is -2.54. The number of aliphatic hydroxyl groups excluding tert-OH is 1. The largest absolute Gasteiger partial charge is 0.447 e. The number of hydrogen-bond acceptors (Lipinski definition) is 4. The molecular formula is C12H18FNO4. The summed E-state index contributed by atoms with van der Waals surface area (Å²) in [7, 11) is 0. The molecule has 1 saturated heterocycles. The Balaban J connectivity index is 3.01. The molecule has 1 aliphatic rings. The molecule has 1 rings (SSSR count). The molecule has 1 aliphatic heterocycles. The molecule has 1 heterocycles. The first-order chi connectivity index (χ1) is 8.23. The summed E-state index contributed by atoms with van der Waals surface area (Å²) < 4.78 is 19.0. The molecule has 6 heteroatoms. The maximum Gasteiger partial charge on any atom is 0.417 e. The van der Waals surface area contributed by atoms with Crippen LogP contribution in [0.1, 0.15) is 20.8 Å². The highest BCUT2D eigenvalue weighted by Crippen LogP contribution is 2.27. The lowest BCUT2D eigenvalue weighted by molar-refractivity contribution is -0.146. The maximum atomic E-state index is 14.2. The van der Waals surface area contributed by atoms with Crippen molar-refractivity contribution >= 4 is 12.0 Å². The summed E-state index contributed by atoms with van der Waals surface area (Å²) in [5.74, 6) is -1.16. The topological polar surface area (TPSA) is 66.8 Å². The Morgan fingerprint density at radius 3 is 2.72 bits per heavy atom. The smallest absolute Gasteiger partial charge is 0.417 e. The molecule has 0 bridgehead atoms. The number of cyclic esters (lactones) is 1. The molecule has 0 aromatic carbocycles. The summed E-state index contributed by atoms with van der Waals surface area (Å²) in [5, 5.41) is 9.43. The molecule has 0 radical (unpaired) electrons. The summed E-state index contributed by atoms with van der Waals surface area (Å²) >= 11 is 0. The van der Waals surface area contributed by atoms with Crippen LogP contribution in [-0.4, -0.2) is 46.4 Å². The van der Waals surface area contributed by atoms with Gasteiger partial charge in [-0.1, -0.05) is 19.9 Å². The van der Waals surface area contributed by atoms with Crippen LogP contribution in [-0.2, 0) is 9.53 Å². The second-order valence-corrected chi connectivity index (χ2v) is 4.82. The summed E-state index contributed by atoms with van der Waals surface area (Å²) in [5.41, 5.74) is -2.60. The van der Waals surface area contributed by atoms with E-state index in [0.29, 0.717) is 0 Å². The summed E-state index contributed by atoms with van der Waals surface area (Å²) in [6, 6.07) is -0.517. The molecule has 2 amide bonds. The van der Waals surface area contributed by atoms with Gasteiger partial charge in [0.2, 0.25) is 5.67 Å². The Morgan fingerprint density at radius 1 is 1.72 bits per heavy atom. The molecule has 3 atom stereocenters. The fourth-order valence-electron chi connectivity index (χ4n) is 1.74. The second-order valence-electron chi connectivity index (χ2n) is 4.82. The molecule has 102 valence electrons. The van der Waals surface area contributed by atoms with E-state index in [9.17, 15) is 19.1 Å². The monoisotopic (exact) mass is 259 g/mol. The predicted molar refractivity (Wildman–Crippen MR) is 62.5 cm³/mol. The van der Waals surface area contributed by atoms with Crippen molar-refractivity contribution in [2.24, 2.45) is 5.92 Å². The van der Waals surface area contributed by atoms with Crippen molar-refractivity contribution in [3.05, 3.63) is 12.7 Å². The first-order valence-electron chi connectivity index (χ1n) is 5.73. The number of rotatable bonds is 4. The normalized spacial score (nSPS) is 24.7.